The van der Waals surface area contributed by atoms with Crippen molar-refractivity contribution in [3.8, 4) is 0 Å². The molecule has 0 amide bonds. The molecule has 2 heteroatoms. The molecule has 0 unspecified atom stereocenters. The van der Waals surface area contributed by atoms with Crippen LogP contribution in [0.4, 0.5) is 0 Å². The molecular formula is C14H23NO. The van der Waals surface area contributed by atoms with Gasteiger partial charge in [0, 0.05) is 12.1 Å². The first-order chi connectivity index (χ1) is 7.37. The van der Waals surface area contributed by atoms with Gasteiger partial charge in [0.2, 0.25) is 0 Å². The van der Waals surface area contributed by atoms with E-state index in [-0.39, 0.29) is 12.1 Å². The highest BCUT2D eigenvalue weighted by Gasteiger charge is 2.15. The number of aliphatic hydroxyl groups is 1. The molecule has 0 aromatic heterocycles. The zero-order chi connectivity index (χ0) is 12.3. The maximum absolute atomic E-state index is 9.18. The quantitative estimate of drug-likeness (QED) is 0.818. The van der Waals surface area contributed by atoms with Gasteiger partial charge in [-0.15, -0.1) is 0 Å². The van der Waals surface area contributed by atoms with Crippen molar-refractivity contribution in [3.63, 3.8) is 0 Å². The molecule has 1 aromatic rings. The first-order valence-electron chi connectivity index (χ1n) is 5.79. The van der Waals surface area contributed by atoms with Crippen LogP contribution in [0.1, 0.15) is 36.1 Å². The lowest BCUT2D eigenvalue weighted by molar-refractivity contribution is 0.187. The molecule has 0 bridgehead atoms. The van der Waals surface area contributed by atoms with Gasteiger partial charge in [-0.3, -0.25) is 0 Å². The van der Waals surface area contributed by atoms with Crippen molar-refractivity contribution in [2.45, 2.75) is 46.7 Å². The predicted octanol–water partition coefficient (Wildman–Crippen LogP) is 2.47. The first-order valence-corrected chi connectivity index (χ1v) is 5.79. The first kappa shape index (κ1) is 13.2. The van der Waals surface area contributed by atoms with E-state index in [2.05, 4.69) is 38.2 Å². The molecule has 0 aliphatic rings. The topological polar surface area (TPSA) is 32.3 Å². The van der Waals surface area contributed by atoms with Crippen LogP contribution in [0.2, 0.25) is 0 Å². The number of rotatable bonds is 4. The van der Waals surface area contributed by atoms with Gasteiger partial charge >= 0.3 is 0 Å². The molecule has 0 radical (unpaired) electrons. The Labute approximate surface area is 98.7 Å². The molecule has 0 fully saturated rings. The summed E-state index contributed by atoms with van der Waals surface area (Å²) in [6, 6.07) is 4.32. The summed E-state index contributed by atoms with van der Waals surface area (Å²) in [6.07, 6.45) is 0. The Kier molecular flexibility index (Phi) is 4.11. The van der Waals surface area contributed by atoms with E-state index in [1.54, 1.807) is 0 Å². The van der Waals surface area contributed by atoms with Crippen LogP contribution in [0.5, 0.6) is 0 Å². The maximum Gasteiger partial charge on any atom is 0.0607 e. The molecule has 2 N–H and O–H groups in total. The fraction of sp³-hybridized carbons (Fsp3) is 0.571. The number of aliphatic hydroxyl groups excluding tert-OH is 1. The summed E-state index contributed by atoms with van der Waals surface area (Å²) in [4.78, 5) is 0. The van der Waals surface area contributed by atoms with Crippen molar-refractivity contribution in [1.82, 2.24) is 5.32 Å². The molecule has 0 saturated carbocycles. The number of nitrogens with one attached hydrogen (secondary N) is 1. The van der Waals surface area contributed by atoms with Crippen LogP contribution in [-0.2, 0) is 6.54 Å². The van der Waals surface area contributed by atoms with Crippen molar-refractivity contribution in [3.05, 3.63) is 34.4 Å². The zero-order valence-corrected chi connectivity index (χ0v) is 11.0. The monoisotopic (exact) mass is 221 g/mol. The standard InChI is InChI=1S/C14H23NO/c1-10-6-7-13(12(3)11(10)2)8-15-14(4,5)9-16/h6-7,15-16H,8-9H2,1-5H3. The number of benzene rings is 1. The summed E-state index contributed by atoms with van der Waals surface area (Å²) in [7, 11) is 0. The smallest absolute Gasteiger partial charge is 0.0607 e. The Hall–Kier alpha value is -0.860. The van der Waals surface area contributed by atoms with Crippen molar-refractivity contribution in [2.75, 3.05) is 6.61 Å². The summed E-state index contributed by atoms with van der Waals surface area (Å²) in [5.74, 6) is 0. The average molecular weight is 221 g/mol. The molecule has 2 nitrogen and oxygen atoms in total. The highest BCUT2D eigenvalue weighted by molar-refractivity contribution is 5.38. The van der Waals surface area contributed by atoms with Gasteiger partial charge in [0.25, 0.3) is 0 Å². The van der Waals surface area contributed by atoms with Crippen LogP contribution >= 0.6 is 0 Å². The number of hydrogen-bond acceptors (Lipinski definition) is 2. The summed E-state index contributed by atoms with van der Waals surface area (Å²) >= 11 is 0. The molecule has 90 valence electrons. The third-order valence-electron chi connectivity index (χ3n) is 3.32. The van der Waals surface area contributed by atoms with Crippen LogP contribution in [0, 0.1) is 20.8 Å². The fourth-order valence-corrected chi connectivity index (χ4v) is 1.59. The number of aryl methyl sites for hydroxylation is 1. The van der Waals surface area contributed by atoms with Gasteiger partial charge in [0.15, 0.2) is 0 Å². The molecule has 0 spiro atoms. The average Bonchev–Trinajstić information content (AvgIpc) is 2.25. The van der Waals surface area contributed by atoms with Crippen LogP contribution < -0.4 is 5.32 Å². The molecule has 0 aliphatic carbocycles. The van der Waals surface area contributed by atoms with Gasteiger partial charge in [0.05, 0.1) is 6.61 Å². The van der Waals surface area contributed by atoms with Gasteiger partial charge in [0.1, 0.15) is 0 Å². The lowest BCUT2D eigenvalue weighted by atomic mass is 9.98. The summed E-state index contributed by atoms with van der Waals surface area (Å²) in [6.45, 7) is 11.4. The van der Waals surface area contributed by atoms with Gasteiger partial charge in [-0.1, -0.05) is 12.1 Å². The molecular weight excluding hydrogens is 198 g/mol. The van der Waals surface area contributed by atoms with E-state index in [9.17, 15) is 5.11 Å². The van der Waals surface area contributed by atoms with Gasteiger partial charge in [-0.25, -0.2) is 0 Å². The van der Waals surface area contributed by atoms with Gasteiger partial charge in [-0.05, 0) is 56.9 Å². The highest BCUT2D eigenvalue weighted by Crippen LogP contribution is 2.17. The minimum atomic E-state index is -0.217. The molecule has 1 aromatic carbocycles. The Morgan fingerprint density at radius 1 is 1.12 bits per heavy atom. The Balaban J connectivity index is 2.80. The molecule has 1 rings (SSSR count). The van der Waals surface area contributed by atoms with Crippen molar-refractivity contribution >= 4 is 0 Å². The second kappa shape index (κ2) is 4.98. The largest absolute Gasteiger partial charge is 0.394 e. The van der Waals surface area contributed by atoms with E-state index in [0.717, 1.165) is 6.54 Å². The van der Waals surface area contributed by atoms with Crippen LogP contribution in [0.15, 0.2) is 12.1 Å². The highest BCUT2D eigenvalue weighted by atomic mass is 16.3. The molecule has 0 aliphatic heterocycles. The Morgan fingerprint density at radius 3 is 2.31 bits per heavy atom. The van der Waals surface area contributed by atoms with E-state index in [1.165, 1.54) is 22.3 Å². The van der Waals surface area contributed by atoms with Crippen LogP contribution in [0.25, 0.3) is 0 Å². The van der Waals surface area contributed by atoms with E-state index in [1.807, 2.05) is 13.8 Å². The zero-order valence-electron chi connectivity index (χ0n) is 11.0. The normalized spacial score (nSPS) is 11.9. The van der Waals surface area contributed by atoms with Gasteiger partial charge in [-0.2, -0.15) is 0 Å². The SMILES string of the molecule is Cc1ccc(CNC(C)(C)CO)c(C)c1C. The fourth-order valence-electron chi connectivity index (χ4n) is 1.59. The molecule has 0 atom stereocenters. The Morgan fingerprint density at radius 2 is 1.75 bits per heavy atom. The third kappa shape index (κ3) is 3.06. The molecule has 0 heterocycles. The minimum Gasteiger partial charge on any atom is -0.394 e. The summed E-state index contributed by atoms with van der Waals surface area (Å²) < 4.78 is 0. The summed E-state index contributed by atoms with van der Waals surface area (Å²) in [5.41, 5.74) is 5.14. The Bertz CT molecular complexity index is 369. The van der Waals surface area contributed by atoms with Crippen LogP contribution in [0.3, 0.4) is 0 Å². The lowest BCUT2D eigenvalue weighted by Gasteiger charge is -2.24. The van der Waals surface area contributed by atoms with Crippen molar-refractivity contribution in [2.24, 2.45) is 0 Å². The maximum atomic E-state index is 9.18. The van der Waals surface area contributed by atoms with E-state index < -0.39 is 0 Å². The second-order valence-corrected chi connectivity index (χ2v) is 5.19. The predicted molar refractivity (Wildman–Crippen MR) is 68.7 cm³/mol. The van der Waals surface area contributed by atoms with Gasteiger partial charge < -0.3 is 10.4 Å². The van der Waals surface area contributed by atoms with Crippen molar-refractivity contribution < 1.29 is 5.11 Å². The van der Waals surface area contributed by atoms with Crippen molar-refractivity contribution in [1.29, 1.82) is 0 Å². The summed E-state index contributed by atoms with van der Waals surface area (Å²) in [5, 5.41) is 12.5. The third-order valence-corrected chi connectivity index (χ3v) is 3.32. The van der Waals surface area contributed by atoms with E-state index in [0.29, 0.717) is 0 Å². The van der Waals surface area contributed by atoms with E-state index in [4.69, 9.17) is 0 Å². The van der Waals surface area contributed by atoms with E-state index >= 15 is 0 Å². The lowest BCUT2D eigenvalue weighted by Crippen LogP contribution is -2.42. The van der Waals surface area contributed by atoms with Crippen LogP contribution in [-0.4, -0.2) is 17.3 Å². The molecule has 0 saturated heterocycles. The number of hydrogen-bond donors (Lipinski definition) is 2. The minimum absolute atomic E-state index is 0.150. The molecule has 16 heavy (non-hydrogen) atoms. The second-order valence-electron chi connectivity index (χ2n) is 5.19.